The monoisotopic (exact) mass is 252 g/mol. The van der Waals surface area contributed by atoms with E-state index in [1.807, 2.05) is 0 Å². The van der Waals surface area contributed by atoms with Crippen molar-refractivity contribution in [3.05, 3.63) is 24.2 Å². The van der Waals surface area contributed by atoms with Gasteiger partial charge in [-0.05, 0) is 31.4 Å². The van der Waals surface area contributed by atoms with Crippen LogP contribution in [0, 0.1) is 0 Å². The number of nitrogens with one attached hydrogen (secondary N) is 2. The summed E-state index contributed by atoms with van der Waals surface area (Å²) in [5, 5.41) is 14.2. The van der Waals surface area contributed by atoms with Gasteiger partial charge in [0, 0.05) is 0 Å². The Hall–Kier alpha value is -1.98. The first-order valence-corrected chi connectivity index (χ1v) is 5.90. The molecule has 0 saturated heterocycles. The molecule has 1 heterocycles. The lowest BCUT2D eigenvalue weighted by molar-refractivity contribution is -0.139. The van der Waals surface area contributed by atoms with Crippen LogP contribution in [0.25, 0.3) is 0 Å². The van der Waals surface area contributed by atoms with Gasteiger partial charge in [0.1, 0.15) is 5.76 Å². The highest BCUT2D eigenvalue weighted by molar-refractivity contribution is 5.77. The Morgan fingerprint density at radius 2 is 2.22 bits per heavy atom. The summed E-state index contributed by atoms with van der Waals surface area (Å²) in [6.07, 6.45) is 3.89. The van der Waals surface area contributed by atoms with Crippen LogP contribution < -0.4 is 10.6 Å². The Morgan fingerprint density at radius 1 is 1.44 bits per heavy atom. The molecule has 0 bridgehead atoms. The third-order valence-electron chi connectivity index (χ3n) is 3.18. The molecule has 1 aliphatic rings. The summed E-state index contributed by atoms with van der Waals surface area (Å²) < 4.78 is 5.08. The van der Waals surface area contributed by atoms with Gasteiger partial charge >= 0.3 is 12.0 Å². The molecule has 0 atom stereocenters. The van der Waals surface area contributed by atoms with E-state index in [0.717, 1.165) is 6.42 Å². The topological polar surface area (TPSA) is 91.6 Å². The van der Waals surface area contributed by atoms with Gasteiger partial charge in [-0.2, -0.15) is 0 Å². The van der Waals surface area contributed by atoms with Crippen molar-refractivity contribution in [3.63, 3.8) is 0 Å². The highest BCUT2D eigenvalue weighted by atomic mass is 16.4. The molecule has 1 aliphatic carbocycles. The Labute approximate surface area is 104 Å². The average Bonchev–Trinajstić information content (AvgIpc) is 2.75. The van der Waals surface area contributed by atoms with E-state index in [1.54, 1.807) is 12.1 Å². The van der Waals surface area contributed by atoms with Gasteiger partial charge in [0.05, 0.1) is 24.8 Å². The van der Waals surface area contributed by atoms with Crippen molar-refractivity contribution in [2.24, 2.45) is 0 Å². The van der Waals surface area contributed by atoms with E-state index < -0.39 is 11.5 Å². The van der Waals surface area contributed by atoms with Crippen LogP contribution in [0.5, 0.6) is 0 Å². The first kappa shape index (κ1) is 12.5. The predicted octanol–water partition coefficient (Wildman–Crippen LogP) is 1.48. The smallest absolute Gasteiger partial charge is 0.315 e. The van der Waals surface area contributed by atoms with Gasteiger partial charge in [-0.25, -0.2) is 4.79 Å². The predicted molar refractivity (Wildman–Crippen MR) is 62.9 cm³/mol. The lowest BCUT2D eigenvalue weighted by atomic mass is 9.74. The Morgan fingerprint density at radius 3 is 2.72 bits per heavy atom. The number of furan rings is 1. The summed E-state index contributed by atoms with van der Waals surface area (Å²) in [5.41, 5.74) is -0.570. The number of urea groups is 1. The van der Waals surface area contributed by atoms with E-state index in [-0.39, 0.29) is 12.5 Å². The highest BCUT2D eigenvalue weighted by Crippen LogP contribution is 2.34. The first-order chi connectivity index (χ1) is 8.60. The summed E-state index contributed by atoms with van der Waals surface area (Å²) in [6, 6.07) is 3.15. The molecular formula is C12H16N2O4. The summed E-state index contributed by atoms with van der Waals surface area (Å²) in [4.78, 5) is 22.4. The molecule has 18 heavy (non-hydrogen) atoms. The van der Waals surface area contributed by atoms with Gasteiger partial charge in [0.15, 0.2) is 0 Å². The van der Waals surface area contributed by atoms with Gasteiger partial charge in [0.2, 0.25) is 0 Å². The fourth-order valence-corrected chi connectivity index (χ4v) is 2.10. The van der Waals surface area contributed by atoms with Crippen LogP contribution in [0.3, 0.4) is 0 Å². The van der Waals surface area contributed by atoms with Gasteiger partial charge in [-0.15, -0.1) is 0 Å². The molecule has 0 radical (unpaired) electrons. The summed E-state index contributed by atoms with van der Waals surface area (Å²) in [7, 11) is 0. The van der Waals surface area contributed by atoms with Crippen molar-refractivity contribution in [2.75, 3.05) is 0 Å². The SMILES string of the molecule is O=C(O)CC1(NC(=O)NCc2ccco2)CCC1. The van der Waals surface area contributed by atoms with Crippen LogP contribution in [-0.2, 0) is 11.3 Å². The number of amides is 2. The van der Waals surface area contributed by atoms with Crippen molar-refractivity contribution in [1.82, 2.24) is 10.6 Å². The van der Waals surface area contributed by atoms with Crippen molar-refractivity contribution < 1.29 is 19.1 Å². The zero-order valence-electron chi connectivity index (χ0n) is 9.94. The van der Waals surface area contributed by atoms with Crippen LogP contribution in [0.4, 0.5) is 4.79 Å². The average molecular weight is 252 g/mol. The molecule has 0 spiro atoms. The molecule has 6 nitrogen and oxygen atoms in total. The Bertz CT molecular complexity index is 423. The Kier molecular flexibility index (Phi) is 3.55. The van der Waals surface area contributed by atoms with Crippen molar-refractivity contribution in [1.29, 1.82) is 0 Å². The number of carbonyl (C=O) groups is 2. The van der Waals surface area contributed by atoms with Crippen molar-refractivity contribution in [3.8, 4) is 0 Å². The molecule has 1 saturated carbocycles. The zero-order chi connectivity index (χ0) is 13.0. The molecule has 0 unspecified atom stereocenters. The third kappa shape index (κ3) is 3.03. The summed E-state index contributed by atoms with van der Waals surface area (Å²) in [5.74, 6) is -0.230. The van der Waals surface area contributed by atoms with Crippen molar-refractivity contribution in [2.45, 2.75) is 37.8 Å². The molecule has 2 amide bonds. The number of carboxylic acids is 1. The number of hydrogen-bond donors (Lipinski definition) is 3. The fourth-order valence-electron chi connectivity index (χ4n) is 2.10. The standard InChI is InChI=1S/C12H16N2O4/c15-10(16)7-12(4-2-5-12)14-11(17)13-8-9-3-1-6-18-9/h1,3,6H,2,4-5,7-8H2,(H,15,16)(H2,13,14,17). The molecule has 98 valence electrons. The molecule has 3 N–H and O–H groups in total. The van der Waals surface area contributed by atoms with E-state index in [4.69, 9.17) is 9.52 Å². The maximum absolute atomic E-state index is 11.7. The van der Waals surface area contributed by atoms with Crippen LogP contribution >= 0.6 is 0 Å². The molecule has 1 fully saturated rings. The molecular weight excluding hydrogens is 236 g/mol. The molecule has 1 aromatic rings. The van der Waals surface area contributed by atoms with Crippen LogP contribution in [0.2, 0.25) is 0 Å². The molecule has 0 aliphatic heterocycles. The second-order valence-electron chi connectivity index (χ2n) is 4.59. The number of carboxylic acid groups (broad SMARTS) is 1. The molecule has 0 aromatic carbocycles. The number of aliphatic carboxylic acids is 1. The Balaban J connectivity index is 1.80. The minimum Gasteiger partial charge on any atom is -0.481 e. The van der Waals surface area contributed by atoms with Gasteiger partial charge < -0.3 is 20.2 Å². The van der Waals surface area contributed by atoms with Gasteiger partial charge in [-0.3, -0.25) is 4.79 Å². The van der Waals surface area contributed by atoms with E-state index in [1.165, 1.54) is 6.26 Å². The van der Waals surface area contributed by atoms with Crippen LogP contribution in [0.1, 0.15) is 31.4 Å². The van der Waals surface area contributed by atoms with Crippen LogP contribution in [-0.4, -0.2) is 22.6 Å². The van der Waals surface area contributed by atoms with E-state index in [2.05, 4.69) is 10.6 Å². The van der Waals surface area contributed by atoms with E-state index >= 15 is 0 Å². The fraction of sp³-hybridized carbons (Fsp3) is 0.500. The lowest BCUT2D eigenvalue weighted by Crippen LogP contribution is -2.57. The zero-order valence-corrected chi connectivity index (χ0v) is 9.94. The van der Waals surface area contributed by atoms with Gasteiger partial charge in [0.25, 0.3) is 0 Å². The second kappa shape index (κ2) is 5.12. The van der Waals surface area contributed by atoms with Crippen molar-refractivity contribution >= 4 is 12.0 Å². The molecule has 6 heteroatoms. The summed E-state index contributed by atoms with van der Waals surface area (Å²) >= 11 is 0. The minimum atomic E-state index is -0.888. The number of carbonyl (C=O) groups excluding carboxylic acids is 1. The van der Waals surface area contributed by atoms with E-state index in [0.29, 0.717) is 25.1 Å². The molecule has 1 aromatic heterocycles. The molecule has 2 rings (SSSR count). The quantitative estimate of drug-likeness (QED) is 0.740. The van der Waals surface area contributed by atoms with Gasteiger partial charge in [-0.1, -0.05) is 0 Å². The normalized spacial score (nSPS) is 16.7. The maximum atomic E-state index is 11.7. The number of hydrogen-bond acceptors (Lipinski definition) is 3. The third-order valence-corrected chi connectivity index (χ3v) is 3.18. The first-order valence-electron chi connectivity index (χ1n) is 5.90. The van der Waals surface area contributed by atoms with Crippen LogP contribution in [0.15, 0.2) is 22.8 Å². The highest BCUT2D eigenvalue weighted by Gasteiger charge is 2.40. The number of rotatable bonds is 5. The second-order valence-corrected chi connectivity index (χ2v) is 4.59. The lowest BCUT2D eigenvalue weighted by Gasteiger charge is -2.41. The largest absolute Gasteiger partial charge is 0.481 e. The minimum absolute atomic E-state index is 0.0266. The maximum Gasteiger partial charge on any atom is 0.315 e. The summed E-state index contributed by atoms with van der Waals surface area (Å²) in [6.45, 7) is 0.294. The van der Waals surface area contributed by atoms with E-state index in [9.17, 15) is 9.59 Å².